The first kappa shape index (κ1) is 74.9. The van der Waals surface area contributed by atoms with Crippen molar-refractivity contribution in [3.05, 3.63) is 60.8 Å². The zero-order valence-corrected chi connectivity index (χ0v) is 37.1. The summed E-state index contributed by atoms with van der Waals surface area (Å²) in [6.07, 6.45) is 4.30. The van der Waals surface area contributed by atoms with Gasteiger partial charge in [0.15, 0.2) is 17.3 Å². The van der Waals surface area contributed by atoms with Gasteiger partial charge in [0.25, 0.3) is 0 Å². The van der Waals surface area contributed by atoms with Crippen molar-refractivity contribution in [3.8, 4) is 0 Å². The van der Waals surface area contributed by atoms with Crippen molar-refractivity contribution >= 4 is 48.9 Å². The van der Waals surface area contributed by atoms with E-state index in [2.05, 4.69) is 74.3 Å². The molecule has 0 aromatic heterocycles. The Labute approximate surface area is 353 Å². The molecular weight excluding hydrogens is 840 g/mol. The van der Waals surface area contributed by atoms with E-state index in [4.69, 9.17) is 34.5 Å². The molecule has 0 bridgehead atoms. The molecule has 24 heteroatoms. The molecule has 0 rings (SSSR count). The third kappa shape index (κ3) is 82.0. The molecule has 0 aliphatic heterocycles. The van der Waals surface area contributed by atoms with Gasteiger partial charge in [-0.1, -0.05) is 32.9 Å². The van der Waals surface area contributed by atoms with E-state index in [1.807, 2.05) is 0 Å². The fourth-order valence-electron chi connectivity index (χ4n) is 2.05. The molecule has 0 fully saturated rings. The van der Waals surface area contributed by atoms with E-state index in [0.29, 0.717) is 80.0 Å². The van der Waals surface area contributed by atoms with Gasteiger partial charge in [0.1, 0.15) is 26.3 Å². The number of carbonyl (C=O) groups is 5. The summed E-state index contributed by atoms with van der Waals surface area (Å²) >= 11 is -2.88. The zero-order valence-electron chi connectivity index (χ0n) is 33.9. The number of esters is 2. The summed E-state index contributed by atoms with van der Waals surface area (Å²) < 4.78 is 40.7. The van der Waals surface area contributed by atoms with Crippen LogP contribution in [0.1, 0.15) is 74.6 Å². The molecule has 0 aromatic rings. The highest BCUT2D eigenvalue weighted by atomic mass is 35.5. The number of rotatable bonds is 20. The van der Waals surface area contributed by atoms with Crippen molar-refractivity contribution in [3.63, 3.8) is 0 Å². The van der Waals surface area contributed by atoms with E-state index in [1.165, 1.54) is 0 Å². The van der Waals surface area contributed by atoms with Gasteiger partial charge in [0, 0.05) is 44.7 Å². The molecule has 0 aliphatic carbocycles. The van der Waals surface area contributed by atoms with E-state index in [1.54, 1.807) is 34.6 Å². The number of Topliss-reactive ketones (excluding diaryl/α,β-unsaturated/α-hetero) is 3. The summed E-state index contributed by atoms with van der Waals surface area (Å²) in [4.78, 5) is 62.3. The maximum atomic E-state index is 10.8. The number of hydrogen-bond acceptors (Lipinski definition) is 16. The zero-order chi connectivity index (χ0) is 44.9. The summed E-state index contributed by atoms with van der Waals surface area (Å²) in [5, 5.41) is 17.1. The molecular formula is C33H67Cl2N5O15PS-. The first-order valence-corrected chi connectivity index (χ1v) is 18.5. The maximum absolute atomic E-state index is 10.8. The van der Waals surface area contributed by atoms with Crippen molar-refractivity contribution in [2.75, 3.05) is 45.9 Å². The highest BCUT2D eigenvalue weighted by Gasteiger charge is 2.02. The monoisotopic (exact) mass is 906 g/mol. The Hall–Kier alpha value is -2.96. The number of ketones is 3. The first-order chi connectivity index (χ1) is 25.4. The lowest BCUT2D eigenvalue weighted by molar-refractivity contribution is -0.644. The normalized spacial score (nSPS) is 9.33. The second-order valence-corrected chi connectivity index (χ2v) is 11.7. The van der Waals surface area contributed by atoms with Crippen LogP contribution in [0.5, 0.6) is 0 Å². The smallest absolute Gasteiger partial charge is 0.479 e. The third-order valence-electron chi connectivity index (χ3n) is 4.91. The Morgan fingerprint density at radius 2 is 0.877 bits per heavy atom. The molecule has 0 spiro atoms. The van der Waals surface area contributed by atoms with Crippen LogP contribution in [0.25, 0.3) is 0 Å². The summed E-state index contributed by atoms with van der Waals surface area (Å²) in [6, 6.07) is 0. The van der Waals surface area contributed by atoms with E-state index in [-0.39, 0.29) is 55.5 Å². The molecule has 0 saturated carbocycles. The maximum Gasteiger partial charge on any atom is 0.479 e. The minimum absolute atomic E-state index is 0. The molecule has 340 valence electrons. The van der Waals surface area contributed by atoms with E-state index < -0.39 is 19.6 Å². The fourth-order valence-corrected chi connectivity index (χ4v) is 2.05. The van der Waals surface area contributed by atoms with Crippen LogP contribution in [0.4, 0.5) is 0 Å². The van der Waals surface area contributed by atoms with Crippen LogP contribution in [0.15, 0.2) is 60.8 Å². The minimum atomic E-state index is -3.15. The van der Waals surface area contributed by atoms with Gasteiger partial charge in [0.2, 0.25) is 0 Å². The largest absolute Gasteiger partial charge is 1.00 e. The molecule has 0 aromatic carbocycles. The SMILES string of the molecule is C=C(C)C(=O)CCCN.C=C(C)C(=O)CCC[NH3+].C=C(C)C(=O)CCC[NH3+].C=C(C)C(=O)OCC[NH3+].C=C(C)C(=O)OCC[NH3+].O=S([O-])O[O-].O=[P+]([O-])O[O-].[Cl-].[Cl-].[HH]. The second-order valence-electron chi connectivity index (χ2n) is 10.5. The van der Waals surface area contributed by atoms with Crippen molar-refractivity contribution in [2.24, 2.45) is 5.73 Å². The van der Waals surface area contributed by atoms with Gasteiger partial charge in [-0.15, -0.1) is 0 Å². The molecule has 0 amide bonds. The molecule has 14 N–H and O–H groups in total. The number of allylic oxidation sites excluding steroid dienone is 3. The molecule has 2 atom stereocenters. The van der Waals surface area contributed by atoms with Gasteiger partial charge >= 0.3 is 20.2 Å². The Kier molecular flexibility index (Phi) is 75.4. The number of hydrogen-bond donors (Lipinski definition) is 5. The molecule has 0 aliphatic rings. The van der Waals surface area contributed by atoms with Gasteiger partial charge < -0.3 is 87.3 Å². The predicted octanol–water partition coefficient (Wildman–Crippen LogP) is -9.50. The van der Waals surface area contributed by atoms with E-state index >= 15 is 0 Å². The van der Waals surface area contributed by atoms with Gasteiger partial charge in [-0.3, -0.25) is 14.4 Å². The van der Waals surface area contributed by atoms with E-state index in [0.717, 1.165) is 32.4 Å². The van der Waals surface area contributed by atoms with Crippen LogP contribution in [-0.2, 0) is 58.4 Å². The lowest BCUT2D eigenvalue weighted by Crippen LogP contribution is -3.00. The van der Waals surface area contributed by atoms with Gasteiger partial charge in [-0.25, -0.2) is 18.5 Å². The van der Waals surface area contributed by atoms with Gasteiger partial charge in [-0.2, -0.15) is 0 Å². The molecule has 0 heterocycles. The second kappa shape index (κ2) is 57.4. The fraction of sp³-hybridized carbons (Fsp3) is 0.545. The van der Waals surface area contributed by atoms with Gasteiger partial charge in [0.05, 0.1) is 24.5 Å². The average Bonchev–Trinajstić information content (AvgIpc) is 3.13. The first-order valence-electron chi connectivity index (χ1n) is 16.4. The van der Waals surface area contributed by atoms with Crippen molar-refractivity contribution in [1.82, 2.24) is 0 Å². The lowest BCUT2D eigenvalue weighted by Gasteiger charge is -2.05. The van der Waals surface area contributed by atoms with Crippen molar-refractivity contribution in [2.45, 2.75) is 73.1 Å². The highest BCUT2D eigenvalue weighted by Crippen LogP contribution is 2.00. The van der Waals surface area contributed by atoms with Crippen molar-refractivity contribution in [1.29, 1.82) is 0 Å². The Balaban J connectivity index is -0.0000000580. The Morgan fingerprint density at radius 1 is 0.632 bits per heavy atom. The minimum Gasteiger partial charge on any atom is -1.00 e. The summed E-state index contributed by atoms with van der Waals surface area (Å²) in [5.74, 6) is -0.213. The summed E-state index contributed by atoms with van der Waals surface area (Å²) in [6.45, 7) is 30.1. The highest BCUT2D eigenvalue weighted by molar-refractivity contribution is 7.73. The van der Waals surface area contributed by atoms with Crippen LogP contribution >= 0.6 is 8.25 Å². The van der Waals surface area contributed by atoms with Crippen LogP contribution in [0.2, 0.25) is 0 Å². The lowest BCUT2D eigenvalue weighted by atomic mass is 10.1. The van der Waals surface area contributed by atoms with Crippen LogP contribution in [-0.4, -0.2) is 84.0 Å². The molecule has 0 radical (unpaired) electrons. The number of carbonyl (C=O) groups excluding carboxylic acids is 5. The van der Waals surface area contributed by atoms with E-state index in [9.17, 15) is 24.0 Å². The molecule has 57 heavy (non-hydrogen) atoms. The quantitative estimate of drug-likeness (QED) is 0.0189. The van der Waals surface area contributed by atoms with Crippen LogP contribution in [0, 0.1) is 0 Å². The molecule has 0 saturated heterocycles. The topological polar surface area (TPSA) is 385 Å². The third-order valence-corrected chi connectivity index (χ3v) is 5.14. The molecule has 2 unspecified atom stereocenters. The van der Waals surface area contributed by atoms with Crippen LogP contribution < -0.4 is 68.9 Å². The number of ether oxygens (including phenoxy) is 2. The Morgan fingerprint density at radius 3 is 1.02 bits per heavy atom. The molecule has 20 nitrogen and oxygen atoms in total. The Bertz CT molecular complexity index is 1020. The van der Waals surface area contributed by atoms with Crippen LogP contribution in [0.3, 0.4) is 0 Å². The average molecular weight is 908 g/mol. The van der Waals surface area contributed by atoms with Crippen molar-refractivity contribution < 1.29 is 120 Å². The standard InChI is InChI=1S/3C7H13NO.2C6H11NO2.2ClH.HO4P.H2O4S.H2/c3*1-6(2)7(9)4-3-5-8;2*1-5(2)6(8)9-4-3-7;;;2*1-4-5(2)3;/h3*1,3-5,8H2,2H3;2*1,3-4,7H2,2H3;2*1H;1H;1H,(H,2,3);1H/p-1. The predicted molar refractivity (Wildman–Crippen MR) is 200 cm³/mol. The summed E-state index contributed by atoms with van der Waals surface area (Å²) in [7, 11) is -3.15. The number of nitrogens with two attached hydrogens (primary N) is 1. The number of halogens is 2. The van der Waals surface area contributed by atoms with Gasteiger partial charge in [-0.05, 0) is 68.9 Å². The number of quaternary nitrogens is 4. The summed E-state index contributed by atoms with van der Waals surface area (Å²) in [5.41, 5.74) is 22.3.